The number of benzene rings is 2. The van der Waals surface area contributed by atoms with E-state index < -0.39 is 0 Å². The second-order valence-electron chi connectivity index (χ2n) is 4.04. The normalized spacial score (nSPS) is 10.2. The number of halogens is 2. The molecule has 0 atom stereocenters. The Kier molecular flexibility index (Phi) is 4.67. The van der Waals surface area contributed by atoms with E-state index in [1.54, 1.807) is 18.2 Å². The molecule has 0 radical (unpaired) electrons. The van der Waals surface area contributed by atoms with E-state index in [-0.39, 0.29) is 5.91 Å². The van der Waals surface area contributed by atoms with Gasteiger partial charge in [-0.15, -0.1) is 0 Å². The number of amides is 1. The van der Waals surface area contributed by atoms with Crippen LogP contribution in [-0.2, 0) is 0 Å². The molecule has 2 aromatic carbocycles. The molecule has 0 unspecified atom stereocenters. The van der Waals surface area contributed by atoms with Gasteiger partial charge in [0.2, 0.25) is 0 Å². The summed E-state index contributed by atoms with van der Waals surface area (Å²) in [6.45, 7) is 0. The molecule has 0 bridgehead atoms. The third-order valence-corrected chi connectivity index (χ3v) is 3.83. The minimum atomic E-state index is -0.263. The largest absolute Gasteiger partial charge is 0.496 e. The first-order valence-corrected chi connectivity index (χ1v) is 7.30. The average Bonchev–Trinajstić information content (AvgIpc) is 2.42. The molecule has 104 valence electrons. The van der Waals surface area contributed by atoms with Crippen molar-refractivity contribution in [2.75, 3.05) is 18.2 Å². The Morgan fingerprint density at radius 1 is 1.20 bits per heavy atom. The lowest BCUT2D eigenvalue weighted by atomic mass is 10.1. The molecule has 0 aliphatic rings. The molecule has 0 aromatic heterocycles. The molecule has 0 aliphatic carbocycles. The molecule has 3 N–H and O–H groups in total. The number of carbonyl (C=O) groups is 1. The zero-order chi connectivity index (χ0) is 14.7. The number of nitrogens with one attached hydrogen (secondary N) is 1. The SMILES string of the molecule is COc1cc(N)ccc1C(=O)Nc1cc(Br)ccc1Br. The molecule has 0 saturated heterocycles. The number of rotatable bonds is 3. The van der Waals surface area contributed by atoms with Gasteiger partial charge >= 0.3 is 0 Å². The van der Waals surface area contributed by atoms with E-state index in [4.69, 9.17) is 10.5 Å². The molecule has 4 nitrogen and oxygen atoms in total. The zero-order valence-electron chi connectivity index (χ0n) is 10.6. The van der Waals surface area contributed by atoms with E-state index in [1.807, 2.05) is 18.2 Å². The van der Waals surface area contributed by atoms with Crippen molar-refractivity contribution in [1.82, 2.24) is 0 Å². The molecule has 0 spiro atoms. The summed E-state index contributed by atoms with van der Waals surface area (Å²) in [4.78, 5) is 12.3. The highest BCUT2D eigenvalue weighted by atomic mass is 79.9. The number of hydrogen-bond acceptors (Lipinski definition) is 3. The minimum Gasteiger partial charge on any atom is -0.496 e. The van der Waals surface area contributed by atoms with Crippen LogP contribution in [0.5, 0.6) is 5.75 Å². The smallest absolute Gasteiger partial charge is 0.259 e. The van der Waals surface area contributed by atoms with Crippen molar-refractivity contribution < 1.29 is 9.53 Å². The van der Waals surface area contributed by atoms with E-state index in [9.17, 15) is 4.79 Å². The van der Waals surface area contributed by atoms with Crippen LogP contribution in [-0.4, -0.2) is 13.0 Å². The van der Waals surface area contributed by atoms with Crippen molar-refractivity contribution in [3.63, 3.8) is 0 Å². The number of nitrogens with two attached hydrogens (primary N) is 1. The van der Waals surface area contributed by atoms with Gasteiger partial charge in [-0.25, -0.2) is 0 Å². The maximum absolute atomic E-state index is 12.3. The van der Waals surface area contributed by atoms with Crippen molar-refractivity contribution in [2.24, 2.45) is 0 Å². The van der Waals surface area contributed by atoms with Crippen LogP contribution in [0.1, 0.15) is 10.4 Å². The number of nitrogen functional groups attached to an aromatic ring is 1. The summed E-state index contributed by atoms with van der Waals surface area (Å²) in [6, 6.07) is 10.4. The van der Waals surface area contributed by atoms with Crippen LogP contribution in [0.2, 0.25) is 0 Å². The van der Waals surface area contributed by atoms with Crippen LogP contribution in [0.4, 0.5) is 11.4 Å². The fourth-order valence-corrected chi connectivity index (χ4v) is 2.39. The van der Waals surface area contributed by atoms with Crippen LogP contribution < -0.4 is 15.8 Å². The lowest BCUT2D eigenvalue weighted by molar-refractivity contribution is 0.102. The Labute approximate surface area is 133 Å². The molecular weight excluding hydrogens is 388 g/mol. The molecule has 2 rings (SSSR count). The minimum absolute atomic E-state index is 0.263. The summed E-state index contributed by atoms with van der Waals surface area (Å²) in [7, 11) is 1.50. The van der Waals surface area contributed by atoms with E-state index in [1.165, 1.54) is 7.11 Å². The summed E-state index contributed by atoms with van der Waals surface area (Å²) < 4.78 is 6.85. The van der Waals surface area contributed by atoms with Gasteiger partial charge in [0.05, 0.1) is 18.4 Å². The van der Waals surface area contributed by atoms with Gasteiger partial charge in [-0.2, -0.15) is 0 Å². The Morgan fingerprint density at radius 3 is 2.65 bits per heavy atom. The topological polar surface area (TPSA) is 64.3 Å². The summed E-state index contributed by atoms with van der Waals surface area (Å²) in [5, 5.41) is 2.82. The fraction of sp³-hybridized carbons (Fsp3) is 0.0714. The Balaban J connectivity index is 2.30. The van der Waals surface area contributed by atoms with Crippen molar-refractivity contribution in [2.45, 2.75) is 0 Å². The van der Waals surface area contributed by atoms with Gasteiger partial charge in [0.25, 0.3) is 5.91 Å². The first kappa shape index (κ1) is 14.9. The van der Waals surface area contributed by atoms with Crippen molar-refractivity contribution in [3.05, 3.63) is 50.9 Å². The Morgan fingerprint density at radius 2 is 1.95 bits per heavy atom. The number of carbonyl (C=O) groups excluding carboxylic acids is 1. The van der Waals surface area contributed by atoms with Crippen LogP contribution in [0.3, 0.4) is 0 Å². The maximum atomic E-state index is 12.3. The second-order valence-corrected chi connectivity index (χ2v) is 5.81. The third-order valence-electron chi connectivity index (χ3n) is 2.65. The Bertz CT molecular complexity index is 660. The van der Waals surface area contributed by atoms with Crippen LogP contribution in [0, 0.1) is 0 Å². The van der Waals surface area contributed by atoms with Gasteiger partial charge in [0.15, 0.2) is 0 Å². The Hall–Kier alpha value is -1.53. The lowest BCUT2D eigenvalue weighted by Gasteiger charge is -2.11. The molecule has 0 saturated carbocycles. The molecule has 0 aliphatic heterocycles. The average molecular weight is 400 g/mol. The van der Waals surface area contributed by atoms with Crippen LogP contribution >= 0.6 is 31.9 Å². The molecule has 2 aromatic rings. The fourth-order valence-electron chi connectivity index (χ4n) is 1.68. The highest BCUT2D eigenvalue weighted by molar-refractivity contribution is 9.11. The van der Waals surface area contributed by atoms with Gasteiger partial charge in [-0.05, 0) is 46.3 Å². The van der Waals surface area contributed by atoms with Crippen LogP contribution in [0.25, 0.3) is 0 Å². The highest BCUT2D eigenvalue weighted by Gasteiger charge is 2.14. The summed E-state index contributed by atoms with van der Waals surface area (Å²) in [6.07, 6.45) is 0. The molecule has 0 heterocycles. The van der Waals surface area contributed by atoms with Crippen molar-refractivity contribution >= 4 is 49.1 Å². The van der Waals surface area contributed by atoms with Gasteiger partial charge in [-0.1, -0.05) is 15.9 Å². The highest BCUT2D eigenvalue weighted by Crippen LogP contribution is 2.28. The monoisotopic (exact) mass is 398 g/mol. The number of methoxy groups -OCH3 is 1. The predicted octanol–water partition coefficient (Wildman–Crippen LogP) is 4.05. The van der Waals surface area contributed by atoms with Crippen LogP contribution in [0.15, 0.2) is 45.3 Å². The number of anilines is 2. The second kappa shape index (κ2) is 6.28. The van der Waals surface area contributed by atoms with Gasteiger partial charge in [0, 0.05) is 20.7 Å². The summed E-state index contributed by atoms with van der Waals surface area (Å²) in [5.41, 5.74) is 7.31. The molecular formula is C14H12Br2N2O2. The standard InChI is InChI=1S/C14H12Br2N2O2/c1-20-13-7-9(17)3-4-10(13)14(19)18-12-6-8(15)2-5-11(12)16/h2-7H,17H2,1H3,(H,18,19). The van der Waals surface area contributed by atoms with Gasteiger partial charge in [-0.3, -0.25) is 4.79 Å². The van der Waals surface area contributed by atoms with Gasteiger partial charge < -0.3 is 15.8 Å². The van der Waals surface area contributed by atoms with Crippen molar-refractivity contribution in [1.29, 1.82) is 0 Å². The molecule has 0 fully saturated rings. The van der Waals surface area contributed by atoms with Crippen molar-refractivity contribution in [3.8, 4) is 5.75 Å². The summed E-state index contributed by atoms with van der Waals surface area (Å²) >= 11 is 6.76. The number of ether oxygens (including phenoxy) is 1. The van der Waals surface area contributed by atoms with E-state index in [0.29, 0.717) is 22.7 Å². The molecule has 20 heavy (non-hydrogen) atoms. The molecule has 1 amide bonds. The zero-order valence-corrected chi connectivity index (χ0v) is 13.8. The summed E-state index contributed by atoms with van der Waals surface area (Å²) in [5.74, 6) is 0.175. The predicted molar refractivity (Wildman–Crippen MR) is 87.2 cm³/mol. The van der Waals surface area contributed by atoms with Gasteiger partial charge in [0.1, 0.15) is 5.75 Å². The first-order chi connectivity index (χ1) is 9.51. The number of hydrogen-bond donors (Lipinski definition) is 2. The van der Waals surface area contributed by atoms with E-state index in [0.717, 1.165) is 8.95 Å². The van der Waals surface area contributed by atoms with E-state index >= 15 is 0 Å². The third kappa shape index (κ3) is 3.32. The first-order valence-electron chi connectivity index (χ1n) is 5.71. The maximum Gasteiger partial charge on any atom is 0.259 e. The lowest BCUT2D eigenvalue weighted by Crippen LogP contribution is -2.13. The quantitative estimate of drug-likeness (QED) is 0.765. The van der Waals surface area contributed by atoms with E-state index in [2.05, 4.69) is 37.2 Å². The molecule has 6 heteroatoms.